The van der Waals surface area contributed by atoms with Gasteiger partial charge in [-0.2, -0.15) is 0 Å². The zero-order chi connectivity index (χ0) is 7.72. The molecule has 1 unspecified atom stereocenters. The second-order valence-corrected chi connectivity index (χ2v) is 2.83. The Hall–Kier alpha value is -0.250. The van der Waals surface area contributed by atoms with Crippen molar-refractivity contribution in [3.8, 4) is 0 Å². The number of esters is 1. The highest BCUT2D eigenvalue weighted by Crippen LogP contribution is 2.23. The summed E-state index contributed by atoms with van der Waals surface area (Å²) in [4.78, 5) is 9.50. The van der Waals surface area contributed by atoms with E-state index in [0.29, 0.717) is 0 Å². The fourth-order valence-corrected chi connectivity index (χ4v) is 0.932. The van der Waals surface area contributed by atoms with E-state index in [2.05, 4.69) is 4.74 Å². The molecule has 0 aliphatic carbocycles. The molecule has 1 aliphatic heterocycles. The zero-order valence-corrected chi connectivity index (χ0v) is 6.26. The summed E-state index contributed by atoms with van der Waals surface area (Å²) >= 11 is 10.7. The van der Waals surface area contributed by atoms with E-state index in [1.165, 1.54) is 0 Å². The Kier molecular flexibility index (Phi) is 2.18. The molecular formula is C5H4Cl2O3. The summed E-state index contributed by atoms with van der Waals surface area (Å²) in [5, 5.41) is 8.85. The van der Waals surface area contributed by atoms with Gasteiger partial charge >= 0.3 is 5.97 Å². The Bertz CT molecular complexity index is 187. The second kappa shape index (κ2) is 2.78. The molecule has 0 aromatic rings. The predicted molar refractivity (Wildman–Crippen MR) is 35.7 cm³/mol. The van der Waals surface area contributed by atoms with Crippen LogP contribution < -0.4 is 0 Å². The number of ether oxygens (including phenoxy) is 1. The molecule has 0 saturated heterocycles. The molecular weight excluding hydrogens is 179 g/mol. The minimum Gasteiger partial charge on any atom is -0.429 e. The van der Waals surface area contributed by atoms with Crippen molar-refractivity contribution < 1.29 is 14.6 Å². The lowest BCUT2D eigenvalue weighted by Crippen LogP contribution is -2.13. The third-order valence-corrected chi connectivity index (χ3v) is 1.55. The van der Waals surface area contributed by atoms with E-state index in [4.69, 9.17) is 28.3 Å². The van der Waals surface area contributed by atoms with Gasteiger partial charge in [0.05, 0.1) is 0 Å². The molecule has 0 amide bonds. The van der Waals surface area contributed by atoms with E-state index < -0.39 is 17.1 Å². The SMILES string of the molecule is O=C1C=C(C(Cl)Cl)C(O)O1. The van der Waals surface area contributed by atoms with E-state index in [1.54, 1.807) is 0 Å². The van der Waals surface area contributed by atoms with E-state index in [9.17, 15) is 4.79 Å². The first-order valence-electron chi connectivity index (χ1n) is 2.49. The minimum absolute atomic E-state index is 0.188. The van der Waals surface area contributed by atoms with Crippen LogP contribution in [0.15, 0.2) is 11.6 Å². The van der Waals surface area contributed by atoms with Gasteiger partial charge in [-0.1, -0.05) is 0 Å². The number of aliphatic hydroxyl groups excluding tert-OH is 1. The first kappa shape index (κ1) is 7.85. The molecule has 1 heterocycles. The van der Waals surface area contributed by atoms with Crippen LogP contribution in [0.1, 0.15) is 0 Å². The summed E-state index contributed by atoms with van der Waals surface area (Å²) in [7, 11) is 0. The molecule has 0 aromatic carbocycles. The number of alkyl halides is 2. The van der Waals surface area contributed by atoms with Crippen molar-refractivity contribution in [3.05, 3.63) is 11.6 Å². The van der Waals surface area contributed by atoms with Gasteiger partial charge < -0.3 is 9.84 Å². The van der Waals surface area contributed by atoms with Gasteiger partial charge in [0.15, 0.2) is 0 Å². The van der Waals surface area contributed by atoms with Gasteiger partial charge in [-0.15, -0.1) is 23.2 Å². The summed E-state index contributed by atoms with van der Waals surface area (Å²) in [5.74, 6) is -0.617. The van der Waals surface area contributed by atoms with Gasteiger partial charge in [0.2, 0.25) is 6.29 Å². The molecule has 0 bridgehead atoms. The standard InChI is InChI=1S/C5H4Cl2O3/c6-4(7)2-1-3(8)10-5(2)9/h1,4-5,9H. The number of hydrogen-bond donors (Lipinski definition) is 1. The average molecular weight is 183 g/mol. The second-order valence-electron chi connectivity index (χ2n) is 1.73. The van der Waals surface area contributed by atoms with E-state index in [1.807, 2.05) is 0 Å². The first-order valence-corrected chi connectivity index (χ1v) is 3.37. The van der Waals surface area contributed by atoms with Crippen LogP contribution in [0, 0.1) is 0 Å². The quantitative estimate of drug-likeness (QED) is 0.478. The molecule has 0 spiro atoms. The molecule has 3 nitrogen and oxygen atoms in total. The zero-order valence-electron chi connectivity index (χ0n) is 4.75. The summed E-state index contributed by atoms with van der Waals surface area (Å²) in [6.45, 7) is 0. The molecule has 0 saturated carbocycles. The van der Waals surface area contributed by atoms with Gasteiger partial charge in [0.1, 0.15) is 4.84 Å². The highest BCUT2D eigenvalue weighted by molar-refractivity contribution is 6.46. The maximum Gasteiger partial charge on any atom is 0.333 e. The predicted octanol–water partition coefficient (Wildman–Crippen LogP) is 0.592. The Balaban J connectivity index is 2.75. The molecule has 1 rings (SSSR count). The van der Waals surface area contributed by atoms with Crippen molar-refractivity contribution >= 4 is 29.2 Å². The highest BCUT2D eigenvalue weighted by atomic mass is 35.5. The minimum atomic E-state index is -1.27. The lowest BCUT2D eigenvalue weighted by Gasteiger charge is -2.06. The van der Waals surface area contributed by atoms with Crippen LogP contribution in [0.25, 0.3) is 0 Å². The number of carbonyl (C=O) groups excluding carboxylic acids is 1. The van der Waals surface area contributed by atoms with Crippen molar-refractivity contribution in [2.75, 3.05) is 0 Å². The fraction of sp³-hybridized carbons (Fsp3) is 0.400. The molecule has 0 aromatic heterocycles. The highest BCUT2D eigenvalue weighted by Gasteiger charge is 2.27. The molecule has 56 valence electrons. The lowest BCUT2D eigenvalue weighted by molar-refractivity contribution is -0.151. The third-order valence-electron chi connectivity index (χ3n) is 1.05. The summed E-state index contributed by atoms with van der Waals surface area (Å²) in [5.41, 5.74) is 0.188. The van der Waals surface area contributed by atoms with Crippen LogP contribution in [-0.2, 0) is 9.53 Å². The topological polar surface area (TPSA) is 46.5 Å². The maximum absolute atomic E-state index is 10.4. The van der Waals surface area contributed by atoms with Crippen LogP contribution in [0.3, 0.4) is 0 Å². The number of halogens is 2. The van der Waals surface area contributed by atoms with Crippen molar-refractivity contribution in [3.63, 3.8) is 0 Å². The molecule has 1 atom stereocenters. The third kappa shape index (κ3) is 1.42. The van der Waals surface area contributed by atoms with Crippen molar-refractivity contribution in [2.45, 2.75) is 11.1 Å². The Morgan fingerprint density at radius 3 is 2.50 bits per heavy atom. The van der Waals surface area contributed by atoms with Crippen LogP contribution in [0.2, 0.25) is 0 Å². The van der Waals surface area contributed by atoms with Gasteiger partial charge in [-0.3, -0.25) is 0 Å². The molecule has 0 fully saturated rings. The molecule has 10 heavy (non-hydrogen) atoms. The number of rotatable bonds is 1. The monoisotopic (exact) mass is 182 g/mol. The van der Waals surface area contributed by atoms with Crippen molar-refractivity contribution in [1.29, 1.82) is 0 Å². The number of hydrogen-bond acceptors (Lipinski definition) is 3. The first-order chi connectivity index (χ1) is 4.61. The van der Waals surface area contributed by atoms with E-state index >= 15 is 0 Å². The summed E-state index contributed by atoms with van der Waals surface area (Å²) in [6.07, 6.45) is -0.192. The average Bonchev–Trinajstić information content (AvgIpc) is 2.10. The van der Waals surface area contributed by atoms with Gasteiger partial charge in [0.25, 0.3) is 0 Å². The molecule has 5 heteroatoms. The Morgan fingerprint density at radius 2 is 2.30 bits per heavy atom. The number of cyclic esters (lactones) is 1. The van der Waals surface area contributed by atoms with E-state index in [0.717, 1.165) is 6.08 Å². The van der Waals surface area contributed by atoms with Gasteiger partial charge in [-0.25, -0.2) is 4.79 Å². The van der Waals surface area contributed by atoms with Gasteiger partial charge in [0, 0.05) is 11.6 Å². The normalized spacial score (nSPS) is 25.0. The van der Waals surface area contributed by atoms with Crippen molar-refractivity contribution in [1.82, 2.24) is 0 Å². The van der Waals surface area contributed by atoms with Crippen LogP contribution in [-0.4, -0.2) is 22.2 Å². The van der Waals surface area contributed by atoms with Crippen LogP contribution in [0.5, 0.6) is 0 Å². The summed E-state index contributed by atoms with van der Waals surface area (Å²) in [6, 6.07) is 0. The fourth-order valence-electron chi connectivity index (χ4n) is 0.590. The largest absolute Gasteiger partial charge is 0.429 e. The van der Waals surface area contributed by atoms with Gasteiger partial charge in [-0.05, 0) is 0 Å². The Morgan fingerprint density at radius 1 is 1.70 bits per heavy atom. The molecule has 0 radical (unpaired) electrons. The lowest BCUT2D eigenvalue weighted by atomic mass is 10.3. The van der Waals surface area contributed by atoms with Crippen LogP contribution >= 0.6 is 23.2 Å². The van der Waals surface area contributed by atoms with E-state index in [-0.39, 0.29) is 5.57 Å². The Labute approximate surface area is 67.2 Å². The number of carbonyl (C=O) groups is 1. The van der Waals surface area contributed by atoms with Crippen LogP contribution in [0.4, 0.5) is 0 Å². The smallest absolute Gasteiger partial charge is 0.333 e. The maximum atomic E-state index is 10.4. The number of aliphatic hydroxyl groups is 1. The summed E-state index contributed by atoms with van der Waals surface area (Å²) < 4.78 is 4.29. The molecule has 1 N–H and O–H groups in total. The van der Waals surface area contributed by atoms with Crippen molar-refractivity contribution in [2.24, 2.45) is 0 Å². The molecule has 1 aliphatic rings.